The standard InChI is InChI=1S/C14H10F2N4O/c1-7-4-11-12(18-6-7)13(21)14(17)19-20(11)10-3-2-8(15)5-9(10)16/h2-6H,1H3,(H2,17,19). The Balaban J connectivity index is 2.44. The molecule has 2 heterocycles. The Morgan fingerprint density at radius 1 is 1.24 bits per heavy atom. The molecule has 0 bridgehead atoms. The number of nitrogen functional groups attached to an aromatic ring is 1. The maximum Gasteiger partial charge on any atom is 0.250 e. The van der Waals surface area contributed by atoms with E-state index >= 15 is 0 Å². The van der Waals surface area contributed by atoms with E-state index in [4.69, 9.17) is 5.73 Å². The third-order valence-corrected chi connectivity index (χ3v) is 3.03. The summed E-state index contributed by atoms with van der Waals surface area (Å²) in [5.74, 6) is -1.82. The first-order chi connectivity index (χ1) is 9.97. The largest absolute Gasteiger partial charge is 0.379 e. The van der Waals surface area contributed by atoms with Gasteiger partial charge >= 0.3 is 0 Å². The summed E-state index contributed by atoms with van der Waals surface area (Å²) in [6, 6.07) is 4.70. The zero-order valence-electron chi connectivity index (χ0n) is 11.0. The third-order valence-electron chi connectivity index (χ3n) is 3.03. The summed E-state index contributed by atoms with van der Waals surface area (Å²) in [6.45, 7) is 1.78. The molecule has 2 aromatic heterocycles. The molecule has 0 aliphatic rings. The van der Waals surface area contributed by atoms with Crippen LogP contribution in [0, 0.1) is 18.6 Å². The van der Waals surface area contributed by atoms with Gasteiger partial charge in [-0.3, -0.25) is 9.78 Å². The van der Waals surface area contributed by atoms with Crippen molar-refractivity contribution in [3.05, 3.63) is 57.9 Å². The molecule has 0 fully saturated rings. The lowest BCUT2D eigenvalue weighted by Gasteiger charge is -2.11. The van der Waals surface area contributed by atoms with Gasteiger partial charge in [-0.25, -0.2) is 13.5 Å². The number of nitrogens with two attached hydrogens (primary N) is 1. The van der Waals surface area contributed by atoms with Crippen LogP contribution in [-0.2, 0) is 0 Å². The second-order valence-electron chi connectivity index (χ2n) is 4.60. The number of pyridine rings is 1. The minimum absolute atomic E-state index is 0.0134. The van der Waals surface area contributed by atoms with Crippen LogP contribution in [0.25, 0.3) is 16.7 Å². The molecule has 0 saturated heterocycles. The van der Waals surface area contributed by atoms with Crippen LogP contribution in [0.1, 0.15) is 5.56 Å². The number of hydrogen-bond acceptors (Lipinski definition) is 4. The van der Waals surface area contributed by atoms with Crippen molar-refractivity contribution in [3.8, 4) is 5.69 Å². The summed E-state index contributed by atoms with van der Waals surface area (Å²) in [4.78, 5) is 16.0. The maximum atomic E-state index is 14.0. The lowest BCUT2D eigenvalue weighted by molar-refractivity contribution is 0.574. The molecule has 21 heavy (non-hydrogen) atoms. The van der Waals surface area contributed by atoms with Crippen LogP contribution >= 0.6 is 0 Å². The summed E-state index contributed by atoms with van der Waals surface area (Å²) in [6.07, 6.45) is 1.51. The molecule has 0 spiro atoms. The van der Waals surface area contributed by atoms with E-state index in [1.807, 2.05) is 0 Å². The minimum atomic E-state index is -0.812. The zero-order chi connectivity index (χ0) is 15.1. The number of benzene rings is 1. The molecule has 1 aromatic carbocycles. The Kier molecular flexibility index (Phi) is 2.90. The van der Waals surface area contributed by atoms with Crippen molar-refractivity contribution in [2.45, 2.75) is 6.92 Å². The molecule has 0 atom stereocenters. The molecule has 2 N–H and O–H groups in total. The fraction of sp³-hybridized carbons (Fsp3) is 0.0714. The monoisotopic (exact) mass is 288 g/mol. The fourth-order valence-electron chi connectivity index (χ4n) is 2.06. The Labute approximate surface area is 117 Å². The number of rotatable bonds is 1. The maximum absolute atomic E-state index is 14.0. The molecular weight excluding hydrogens is 278 g/mol. The number of nitrogens with zero attached hydrogens (tertiary/aromatic N) is 3. The highest BCUT2D eigenvalue weighted by molar-refractivity contribution is 5.78. The van der Waals surface area contributed by atoms with Crippen molar-refractivity contribution in [2.24, 2.45) is 0 Å². The molecule has 0 amide bonds. The summed E-state index contributed by atoms with van der Waals surface area (Å²) in [5.41, 5.74) is 6.18. The summed E-state index contributed by atoms with van der Waals surface area (Å²) in [7, 11) is 0. The molecule has 0 aliphatic heterocycles. The highest BCUT2D eigenvalue weighted by atomic mass is 19.1. The SMILES string of the molecule is Cc1cnc2c(=O)c(N)nn(-c3ccc(F)cc3F)c2c1. The van der Waals surface area contributed by atoms with E-state index in [1.54, 1.807) is 13.0 Å². The Morgan fingerprint density at radius 2 is 2.00 bits per heavy atom. The first-order valence-corrected chi connectivity index (χ1v) is 6.08. The van der Waals surface area contributed by atoms with Crippen LogP contribution < -0.4 is 11.2 Å². The first kappa shape index (κ1) is 13.2. The molecule has 7 heteroatoms. The first-order valence-electron chi connectivity index (χ1n) is 6.08. The summed E-state index contributed by atoms with van der Waals surface area (Å²) in [5, 5.41) is 3.88. The number of halogens is 2. The van der Waals surface area contributed by atoms with Gasteiger partial charge in [0.1, 0.15) is 17.0 Å². The second-order valence-corrected chi connectivity index (χ2v) is 4.60. The average Bonchev–Trinajstić information content (AvgIpc) is 2.43. The molecule has 0 saturated carbocycles. The van der Waals surface area contributed by atoms with Crippen molar-refractivity contribution >= 4 is 16.9 Å². The van der Waals surface area contributed by atoms with Gasteiger partial charge in [0.15, 0.2) is 11.6 Å². The highest BCUT2D eigenvalue weighted by Crippen LogP contribution is 2.19. The smallest absolute Gasteiger partial charge is 0.250 e. The molecule has 3 rings (SSSR count). The highest BCUT2D eigenvalue weighted by Gasteiger charge is 2.14. The Bertz CT molecular complexity index is 921. The topological polar surface area (TPSA) is 73.8 Å². The molecule has 106 valence electrons. The number of anilines is 1. The average molecular weight is 288 g/mol. The minimum Gasteiger partial charge on any atom is -0.379 e. The van der Waals surface area contributed by atoms with Crippen molar-refractivity contribution in [2.75, 3.05) is 5.73 Å². The van der Waals surface area contributed by atoms with Gasteiger partial charge in [0.25, 0.3) is 0 Å². The quantitative estimate of drug-likeness (QED) is 0.742. The van der Waals surface area contributed by atoms with E-state index in [1.165, 1.54) is 12.3 Å². The van der Waals surface area contributed by atoms with Crippen LogP contribution in [0.3, 0.4) is 0 Å². The number of aryl methyl sites for hydroxylation is 1. The van der Waals surface area contributed by atoms with E-state index < -0.39 is 17.1 Å². The zero-order valence-corrected chi connectivity index (χ0v) is 11.0. The van der Waals surface area contributed by atoms with Gasteiger partial charge < -0.3 is 5.73 Å². The molecular formula is C14H10F2N4O. The Morgan fingerprint density at radius 3 is 2.71 bits per heavy atom. The van der Waals surface area contributed by atoms with E-state index in [-0.39, 0.29) is 17.0 Å². The van der Waals surface area contributed by atoms with Gasteiger partial charge in [-0.15, -0.1) is 5.10 Å². The van der Waals surface area contributed by atoms with E-state index in [9.17, 15) is 13.6 Å². The van der Waals surface area contributed by atoms with Crippen LogP contribution in [0.2, 0.25) is 0 Å². The third kappa shape index (κ3) is 2.12. The van der Waals surface area contributed by atoms with E-state index in [0.29, 0.717) is 5.52 Å². The lowest BCUT2D eigenvalue weighted by Crippen LogP contribution is -2.19. The molecule has 0 radical (unpaired) electrons. The molecule has 3 aromatic rings. The second kappa shape index (κ2) is 4.62. The van der Waals surface area contributed by atoms with Crippen LogP contribution in [0.4, 0.5) is 14.6 Å². The van der Waals surface area contributed by atoms with Crippen molar-refractivity contribution < 1.29 is 8.78 Å². The molecule has 5 nitrogen and oxygen atoms in total. The van der Waals surface area contributed by atoms with Gasteiger partial charge in [-0.2, -0.15) is 0 Å². The molecule has 0 aliphatic carbocycles. The molecule has 0 unspecified atom stereocenters. The van der Waals surface area contributed by atoms with Crippen molar-refractivity contribution in [1.29, 1.82) is 0 Å². The van der Waals surface area contributed by atoms with Gasteiger partial charge in [-0.05, 0) is 30.7 Å². The van der Waals surface area contributed by atoms with Crippen LogP contribution in [-0.4, -0.2) is 14.8 Å². The summed E-state index contributed by atoms with van der Waals surface area (Å²) < 4.78 is 28.1. The summed E-state index contributed by atoms with van der Waals surface area (Å²) >= 11 is 0. The number of hydrogen-bond donors (Lipinski definition) is 1. The van der Waals surface area contributed by atoms with Crippen LogP contribution in [0.15, 0.2) is 35.3 Å². The van der Waals surface area contributed by atoms with Crippen molar-refractivity contribution in [1.82, 2.24) is 14.8 Å². The fourth-order valence-corrected chi connectivity index (χ4v) is 2.06. The van der Waals surface area contributed by atoms with Crippen molar-refractivity contribution in [3.63, 3.8) is 0 Å². The Hall–Kier alpha value is -2.83. The number of fused-ring (bicyclic) bond motifs is 1. The predicted molar refractivity (Wildman–Crippen MR) is 74.2 cm³/mol. The van der Waals surface area contributed by atoms with Gasteiger partial charge in [0.2, 0.25) is 5.43 Å². The lowest BCUT2D eigenvalue weighted by atomic mass is 10.2. The van der Waals surface area contributed by atoms with Gasteiger partial charge in [-0.1, -0.05) is 0 Å². The number of aromatic nitrogens is 3. The van der Waals surface area contributed by atoms with Gasteiger partial charge in [0, 0.05) is 12.3 Å². The van der Waals surface area contributed by atoms with Gasteiger partial charge in [0.05, 0.1) is 5.52 Å². The van der Waals surface area contributed by atoms with E-state index in [0.717, 1.165) is 22.4 Å². The normalized spacial score (nSPS) is 11.0. The predicted octanol–water partition coefficient (Wildman–Crippen LogP) is 1.95. The van der Waals surface area contributed by atoms with E-state index in [2.05, 4.69) is 10.1 Å². The van der Waals surface area contributed by atoms with Crippen LogP contribution in [0.5, 0.6) is 0 Å².